The van der Waals surface area contributed by atoms with Gasteiger partial charge in [0, 0.05) is 11.8 Å². The summed E-state index contributed by atoms with van der Waals surface area (Å²) in [7, 11) is 0. The van der Waals surface area contributed by atoms with E-state index in [9.17, 15) is 9.59 Å². The fourth-order valence-electron chi connectivity index (χ4n) is 1.87. The van der Waals surface area contributed by atoms with Gasteiger partial charge in [-0.1, -0.05) is 0 Å². The number of carboxylic acid groups (broad SMARTS) is 1. The van der Waals surface area contributed by atoms with Crippen LogP contribution in [0.25, 0.3) is 0 Å². The fraction of sp³-hybridized carbons (Fsp3) is 0.833. The second-order valence-electron chi connectivity index (χ2n) is 5.47. The van der Waals surface area contributed by atoms with E-state index in [0.29, 0.717) is 0 Å². The van der Waals surface area contributed by atoms with Crippen LogP contribution in [0.4, 0.5) is 4.79 Å². The quantitative estimate of drug-likeness (QED) is 0.825. The Balaban J connectivity index is 2.51. The van der Waals surface area contributed by atoms with E-state index in [1.807, 2.05) is 0 Å². The van der Waals surface area contributed by atoms with E-state index in [1.165, 1.54) is 0 Å². The summed E-state index contributed by atoms with van der Waals surface area (Å²) in [5.74, 6) is 0.876. The molecular weight excluding hydrogens is 254 g/mol. The van der Waals surface area contributed by atoms with E-state index in [0.717, 1.165) is 17.9 Å². The Kier molecular flexibility index (Phi) is 5.31. The van der Waals surface area contributed by atoms with Crippen molar-refractivity contribution in [3.8, 4) is 0 Å². The van der Waals surface area contributed by atoms with Crippen LogP contribution in [-0.4, -0.2) is 40.3 Å². The largest absolute Gasteiger partial charge is 0.481 e. The van der Waals surface area contributed by atoms with Gasteiger partial charge in [-0.2, -0.15) is 11.8 Å². The SMILES string of the molecule is CC(C)(C)OC(=O)NC1CSCCC1CC(=O)O. The lowest BCUT2D eigenvalue weighted by Crippen LogP contribution is -2.46. The zero-order valence-corrected chi connectivity index (χ0v) is 11.9. The molecule has 1 heterocycles. The van der Waals surface area contributed by atoms with Gasteiger partial charge in [0.2, 0.25) is 0 Å². The zero-order valence-electron chi connectivity index (χ0n) is 11.1. The number of ether oxygens (including phenoxy) is 1. The maximum absolute atomic E-state index is 11.7. The van der Waals surface area contributed by atoms with Gasteiger partial charge in [-0.05, 0) is 38.9 Å². The molecule has 1 rings (SSSR count). The minimum absolute atomic E-state index is 0.00346. The van der Waals surface area contributed by atoms with Crippen molar-refractivity contribution in [2.24, 2.45) is 5.92 Å². The number of carbonyl (C=O) groups excluding carboxylic acids is 1. The van der Waals surface area contributed by atoms with Crippen molar-refractivity contribution in [2.75, 3.05) is 11.5 Å². The molecule has 5 nitrogen and oxygen atoms in total. The summed E-state index contributed by atoms with van der Waals surface area (Å²) in [5, 5.41) is 11.6. The van der Waals surface area contributed by atoms with Crippen LogP contribution in [0, 0.1) is 5.92 Å². The first-order chi connectivity index (χ1) is 8.28. The summed E-state index contributed by atoms with van der Waals surface area (Å²) in [4.78, 5) is 22.4. The Labute approximate surface area is 112 Å². The topological polar surface area (TPSA) is 75.6 Å². The van der Waals surface area contributed by atoms with E-state index in [1.54, 1.807) is 32.5 Å². The van der Waals surface area contributed by atoms with E-state index in [4.69, 9.17) is 9.84 Å². The van der Waals surface area contributed by atoms with Crippen LogP contribution < -0.4 is 5.32 Å². The zero-order chi connectivity index (χ0) is 13.8. The second-order valence-corrected chi connectivity index (χ2v) is 6.62. The van der Waals surface area contributed by atoms with Crippen LogP contribution >= 0.6 is 11.8 Å². The van der Waals surface area contributed by atoms with Gasteiger partial charge < -0.3 is 15.2 Å². The summed E-state index contributed by atoms with van der Waals surface area (Å²) in [6.07, 6.45) is 0.448. The first-order valence-electron chi connectivity index (χ1n) is 6.07. The van der Waals surface area contributed by atoms with Crippen LogP contribution in [0.2, 0.25) is 0 Å². The molecule has 0 aromatic carbocycles. The second kappa shape index (κ2) is 6.31. The van der Waals surface area contributed by atoms with Gasteiger partial charge in [-0.3, -0.25) is 4.79 Å². The summed E-state index contributed by atoms with van der Waals surface area (Å²) < 4.78 is 5.19. The average Bonchev–Trinajstić information content (AvgIpc) is 2.17. The van der Waals surface area contributed by atoms with Gasteiger partial charge in [-0.25, -0.2) is 4.79 Å². The molecule has 0 aromatic heterocycles. The Morgan fingerprint density at radius 2 is 2.11 bits per heavy atom. The van der Waals surface area contributed by atoms with Gasteiger partial charge in [0.1, 0.15) is 5.60 Å². The highest BCUT2D eigenvalue weighted by molar-refractivity contribution is 7.99. The molecule has 1 saturated heterocycles. The van der Waals surface area contributed by atoms with Crippen molar-refractivity contribution in [3.63, 3.8) is 0 Å². The predicted molar refractivity (Wildman–Crippen MR) is 70.8 cm³/mol. The minimum Gasteiger partial charge on any atom is -0.481 e. The molecule has 1 aliphatic rings. The Morgan fingerprint density at radius 1 is 1.44 bits per heavy atom. The first-order valence-corrected chi connectivity index (χ1v) is 7.22. The average molecular weight is 275 g/mol. The van der Waals surface area contributed by atoms with Crippen molar-refractivity contribution in [2.45, 2.75) is 45.3 Å². The van der Waals surface area contributed by atoms with Gasteiger partial charge in [0.25, 0.3) is 0 Å². The van der Waals surface area contributed by atoms with Gasteiger partial charge in [-0.15, -0.1) is 0 Å². The molecular formula is C12H21NO4S. The van der Waals surface area contributed by atoms with Gasteiger partial charge in [0.05, 0.1) is 6.42 Å². The number of rotatable bonds is 3. The maximum Gasteiger partial charge on any atom is 0.407 e. The Hall–Kier alpha value is -0.910. The molecule has 0 bridgehead atoms. The number of hydrogen-bond donors (Lipinski definition) is 2. The number of amides is 1. The molecule has 0 spiro atoms. The number of thioether (sulfide) groups is 1. The third-order valence-electron chi connectivity index (χ3n) is 2.64. The highest BCUT2D eigenvalue weighted by Gasteiger charge is 2.30. The van der Waals surface area contributed by atoms with Crippen molar-refractivity contribution >= 4 is 23.8 Å². The molecule has 6 heteroatoms. The summed E-state index contributed by atoms with van der Waals surface area (Å²) in [5.41, 5.74) is -0.534. The molecule has 0 aromatic rings. The standard InChI is InChI=1S/C12H21NO4S/c1-12(2,3)17-11(16)13-9-7-18-5-4-8(9)6-10(14)15/h8-9H,4-7H2,1-3H3,(H,13,16)(H,14,15). The predicted octanol–water partition coefficient (Wildman–Crippen LogP) is 2.11. The fourth-order valence-corrected chi connectivity index (χ4v) is 3.11. The van der Waals surface area contributed by atoms with Crippen LogP contribution in [0.3, 0.4) is 0 Å². The third kappa shape index (κ3) is 5.62. The number of alkyl carbamates (subject to hydrolysis) is 1. The summed E-state index contributed by atoms with van der Waals surface area (Å²) in [6.45, 7) is 5.41. The van der Waals surface area contributed by atoms with Crippen LogP contribution in [-0.2, 0) is 9.53 Å². The molecule has 0 aliphatic carbocycles. The number of nitrogens with one attached hydrogen (secondary N) is 1. The molecule has 0 saturated carbocycles. The highest BCUT2D eigenvalue weighted by atomic mass is 32.2. The van der Waals surface area contributed by atoms with Crippen molar-refractivity contribution < 1.29 is 19.4 Å². The van der Waals surface area contributed by atoms with Crippen molar-refractivity contribution in [1.29, 1.82) is 0 Å². The van der Waals surface area contributed by atoms with E-state index in [2.05, 4.69) is 5.32 Å². The maximum atomic E-state index is 11.7. The van der Waals surface area contributed by atoms with Crippen LogP contribution in [0.5, 0.6) is 0 Å². The van der Waals surface area contributed by atoms with Gasteiger partial charge >= 0.3 is 12.1 Å². The van der Waals surface area contributed by atoms with E-state index in [-0.39, 0.29) is 18.4 Å². The lowest BCUT2D eigenvalue weighted by atomic mass is 9.94. The number of carboxylic acids is 1. The van der Waals surface area contributed by atoms with E-state index < -0.39 is 17.7 Å². The molecule has 1 amide bonds. The number of hydrogen-bond acceptors (Lipinski definition) is 4. The van der Waals surface area contributed by atoms with Gasteiger partial charge in [0.15, 0.2) is 0 Å². The molecule has 18 heavy (non-hydrogen) atoms. The Morgan fingerprint density at radius 3 is 2.67 bits per heavy atom. The highest BCUT2D eigenvalue weighted by Crippen LogP contribution is 2.26. The van der Waals surface area contributed by atoms with Crippen molar-refractivity contribution in [1.82, 2.24) is 5.32 Å². The minimum atomic E-state index is -0.817. The van der Waals surface area contributed by atoms with Crippen molar-refractivity contribution in [3.05, 3.63) is 0 Å². The molecule has 2 N–H and O–H groups in total. The summed E-state index contributed by atoms with van der Waals surface area (Å²) >= 11 is 1.73. The molecule has 1 aliphatic heterocycles. The summed E-state index contributed by atoms with van der Waals surface area (Å²) in [6, 6.07) is -0.116. The first kappa shape index (κ1) is 15.1. The molecule has 0 radical (unpaired) electrons. The number of carbonyl (C=O) groups is 2. The lowest BCUT2D eigenvalue weighted by molar-refractivity contribution is -0.138. The third-order valence-corrected chi connectivity index (χ3v) is 3.76. The monoisotopic (exact) mass is 275 g/mol. The smallest absolute Gasteiger partial charge is 0.407 e. The normalized spacial score (nSPS) is 24.4. The Bertz CT molecular complexity index is 314. The van der Waals surface area contributed by atoms with Crippen LogP contribution in [0.15, 0.2) is 0 Å². The molecule has 2 atom stereocenters. The molecule has 104 valence electrons. The molecule has 1 fully saturated rings. The number of aliphatic carboxylic acids is 1. The van der Waals surface area contributed by atoms with E-state index >= 15 is 0 Å². The molecule has 2 unspecified atom stereocenters. The van der Waals surface area contributed by atoms with Crippen LogP contribution in [0.1, 0.15) is 33.6 Å². The lowest BCUT2D eigenvalue weighted by Gasteiger charge is -2.31.